The first-order chi connectivity index (χ1) is 13.2. The molecular weight excluding hydrogens is 433 g/mol. The molecule has 1 aliphatic heterocycles. The number of hydrogen-bond acceptors (Lipinski definition) is 4. The van der Waals surface area contributed by atoms with Gasteiger partial charge in [-0.05, 0) is 18.1 Å². The van der Waals surface area contributed by atoms with E-state index in [1.54, 1.807) is 5.32 Å². The van der Waals surface area contributed by atoms with Crippen LogP contribution in [0, 0.1) is 11.7 Å². The van der Waals surface area contributed by atoms with Gasteiger partial charge in [-0.3, -0.25) is 4.79 Å². The fourth-order valence-electron chi connectivity index (χ4n) is 2.33. The van der Waals surface area contributed by atoms with Crippen molar-refractivity contribution in [2.45, 2.75) is 69.5 Å². The number of amides is 1. The topological polar surface area (TPSA) is 56.8 Å². The minimum atomic E-state index is -4.97. The van der Waals surface area contributed by atoms with Gasteiger partial charge in [-0.2, -0.15) is 19.0 Å². The van der Waals surface area contributed by atoms with Crippen molar-refractivity contribution in [1.29, 1.82) is 0 Å². The lowest BCUT2D eigenvalue weighted by Crippen LogP contribution is -2.44. The Morgan fingerprint density at radius 3 is 2.45 bits per heavy atom. The van der Waals surface area contributed by atoms with Gasteiger partial charge < -0.3 is 19.2 Å². The first-order valence-electron chi connectivity index (χ1n) is 9.12. The fourth-order valence-corrected chi connectivity index (χ4v) is 3.49. The van der Waals surface area contributed by atoms with Crippen LogP contribution in [0.3, 0.4) is 0 Å². The van der Waals surface area contributed by atoms with Crippen LogP contribution in [0.15, 0.2) is 0 Å². The van der Waals surface area contributed by atoms with Gasteiger partial charge >= 0.3 is 12.1 Å². The zero-order chi connectivity index (χ0) is 22.5. The SMILES string of the molecule is CC(C)(C)[Si](C)(C)OC[C@H]1O[C@@H](BC#CCNC(=O)C(F)(F)F)[C@@H](F)C1OCCl. The van der Waals surface area contributed by atoms with E-state index in [-0.39, 0.29) is 25.0 Å². The third kappa shape index (κ3) is 7.75. The molecule has 0 spiro atoms. The molecule has 1 N–H and O–H groups in total. The molecule has 0 saturated carbocycles. The molecule has 12 heteroatoms. The van der Waals surface area contributed by atoms with Crippen LogP contribution in [0.25, 0.3) is 0 Å². The summed E-state index contributed by atoms with van der Waals surface area (Å²) in [5.41, 5.74) is 0. The van der Waals surface area contributed by atoms with Crippen LogP contribution in [0.4, 0.5) is 17.6 Å². The molecule has 0 aromatic rings. The number of rotatable bonds is 7. The number of nitrogens with one attached hydrogen (secondary N) is 1. The van der Waals surface area contributed by atoms with Crippen molar-refractivity contribution in [2.24, 2.45) is 0 Å². The van der Waals surface area contributed by atoms with E-state index in [0.29, 0.717) is 0 Å². The lowest BCUT2D eigenvalue weighted by Gasteiger charge is -2.37. The van der Waals surface area contributed by atoms with E-state index in [9.17, 15) is 22.4 Å². The standard InChI is InChI=1S/C17H27BClF4NO4Si/c1-16(2,3)29(4,5)27-9-11-13(26-10-19)12(20)14(28-11)18-7-6-8-24-15(25)17(21,22)23/h11-14,18H,8-10H2,1-5H3,(H,24,25)/t11-,12+,13?,14-/m1/s1. The van der Waals surface area contributed by atoms with E-state index in [1.807, 2.05) is 0 Å². The zero-order valence-corrected chi connectivity index (χ0v) is 18.9. The Kier molecular flexibility index (Phi) is 9.49. The quantitative estimate of drug-likeness (QED) is 0.275. The highest BCUT2D eigenvalue weighted by Gasteiger charge is 2.47. The van der Waals surface area contributed by atoms with Crippen molar-refractivity contribution in [1.82, 2.24) is 5.32 Å². The molecular formula is C17H27BClF4NO4Si. The maximum absolute atomic E-state index is 14.7. The van der Waals surface area contributed by atoms with E-state index in [1.165, 1.54) is 0 Å². The summed E-state index contributed by atoms with van der Waals surface area (Å²) in [4.78, 5) is 10.7. The highest BCUT2D eigenvalue weighted by Crippen LogP contribution is 2.37. The lowest BCUT2D eigenvalue weighted by molar-refractivity contribution is -0.173. The molecule has 1 aliphatic rings. The maximum atomic E-state index is 14.7. The summed E-state index contributed by atoms with van der Waals surface area (Å²) in [5.74, 6) is 2.80. The molecule has 29 heavy (non-hydrogen) atoms. The van der Waals surface area contributed by atoms with Gasteiger partial charge in [-0.15, -0.1) is 0 Å². The number of carbonyl (C=O) groups is 1. The zero-order valence-electron chi connectivity index (χ0n) is 17.2. The second-order valence-electron chi connectivity index (χ2n) is 8.21. The summed E-state index contributed by atoms with van der Waals surface area (Å²) in [6, 6.07) is -1.14. The van der Waals surface area contributed by atoms with Gasteiger partial charge in [-0.25, -0.2) is 4.39 Å². The van der Waals surface area contributed by atoms with Gasteiger partial charge in [0.25, 0.3) is 0 Å². The fraction of sp³-hybridized carbons (Fsp3) is 0.824. The molecule has 0 bridgehead atoms. The highest BCUT2D eigenvalue weighted by atomic mass is 35.5. The largest absolute Gasteiger partial charge is 0.471 e. The molecule has 1 heterocycles. The third-order valence-corrected chi connectivity index (χ3v) is 9.70. The Bertz CT molecular complexity index is 621. The van der Waals surface area contributed by atoms with Crippen LogP contribution in [-0.4, -0.2) is 71.3 Å². The van der Waals surface area contributed by atoms with Gasteiger partial charge in [0.2, 0.25) is 7.28 Å². The average Bonchev–Trinajstić information content (AvgIpc) is 2.87. The van der Waals surface area contributed by atoms with E-state index >= 15 is 0 Å². The van der Waals surface area contributed by atoms with Gasteiger partial charge in [0.05, 0.1) is 19.2 Å². The number of halogens is 5. The summed E-state index contributed by atoms with van der Waals surface area (Å²) in [7, 11) is -2.15. The monoisotopic (exact) mass is 459 g/mol. The summed E-state index contributed by atoms with van der Waals surface area (Å²) in [6.07, 6.45) is -8.08. The highest BCUT2D eigenvalue weighted by molar-refractivity contribution is 6.74. The molecule has 1 saturated heterocycles. The predicted molar refractivity (Wildman–Crippen MR) is 106 cm³/mol. The Balaban J connectivity index is 2.64. The van der Waals surface area contributed by atoms with E-state index in [2.05, 4.69) is 45.6 Å². The van der Waals surface area contributed by atoms with Gasteiger partial charge in [0, 0.05) is 0 Å². The smallest absolute Gasteiger partial charge is 0.414 e. The van der Waals surface area contributed by atoms with Crippen molar-refractivity contribution in [2.75, 3.05) is 19.2 Å². The van der Waals surface area contributed by atoms with Crippen LogP contribution < -0.4 is 5.32 Å². The Morgan fingerprint density at radius 2 is 1.93 bits per heavy atom. The van der Waals surface area contributed by atoms with Crippen molar-refractivity contribution in [3.63, 3.8) is 0 Å². The average molecular weight is 460 g/mol. The van der Waals surface area contributed by atoms with E-state index in [0.717, 1.165) is 0 Å². The Hall–Kier alpha value is -0.798. The number of ether oxygens (including phenoxy) is 2. The molecule has 1 amide bonds. The Morgan fingerprint density at radius 1 is 1.31 bits per heavy atom. The molecule has 0 aromatic heterocycles. The lowest BCUT2D eigenvalue weighted by atomic mass is 9.70. The molecule has 4 atom stereocenters. The van der Waals surface area contributed by atoms with Crippen molar-refractivity contribution in [3.05, 3.63) is 0 Å². The summed E-state index contributed by atoms with van der Waals surface area (Å²) < 4.78 is 68.0. The second-order valence-corrected chi connectivity index (χ2v) is 13.2. The van der Waals surface area contributed by atoms with E-state index in [4.69, 9.17) is 25.5 Å². The van der Waals surface area contributed by atoms with Crippen molar-refractivity contribution < 1.29 is 36.3 Å². The van der Waals surface area contributed by atoms with Gasteiger partial charge in [-0.1, -0.05) is 38.3 Å². The molecule has 1 unspecified atom stereocenters. The van der Waals surface area contributed by atoms with Crippen LogP contribution >= 0.6 is 11.6 Å². The predicted octanol–water partition coefficient (Wildman–Crippen LogP) is 2.73. The minimum absolute atomic E-state index is 0.0325. The van der Waals surface area contributed by atoms with Crippen LogP contribution in [-0.2, 0) is 18.7 Å². The number of hydrogen-bond donors (Lipinski definition) is 1. The second kappa shape index (κ2) is 10.5. The van der Waals surface area contributed by atoms with Crippen molar-refractivity contribution in [3.8, 4) is 11.7 Å². The summed E-state index contributed by atoms with van der Waals surface area (Å²) >= 11 is 5.60. The molecule has 1 rings (SSSR count). The molecule has 0 aromatic carbocycles. The molecule has 0 radical (unpaired) electrons. The summed E-state index contributed by atoms with van der Waals surface area (Å²) in [5, 5.41) is 1.59. The molecule has 166 valence electrons. The van der Waals surface area contributed by atoms with Crippen LogP contribution in [0.5, 0.6) is 0 Å². The number of alkyl halides is 5. The normalized spacial score (nSPS) is 25.3. The third-order valence-electron chi connectivity index (χ3n) is 5.08. The Labute approximate surface area is 175 Å². The van der Waals surface area contributed by atoms with Crippen LogP contribution in [0.2, 0.25) is 18.1 Å². The van der Waals surface area contributed by atoms with E-state index < -0.39 is 51.3 Å². The maximum Gasteiger partial charge on any atom is 0.471 e. The summed E-state index contributed by atoms with van der Waals surface area (Å²) in [6.45, 7) is 10.0. The van der Waals surface area contributed by atoms with Crippen molar-refractivity contribution >= 4 is 33.1 Å². The minimum Gasteiger partial charge on any atom is -0.414 e. The molecule has 0 aliphatic carbocycles. The first kappa shape index (κ1) is 26.2. The molecule has 1 fully saturated rings. The van der Waals surface area contributed by atoms with Gasteiger partial charge in [0.15, 0.2) is 8.32 Å². The van der Waals surface area contributed by atoms with Gasteiger partial charge in [0.1, 0.15) is 24.4 Å². The first-order valence-corrected chi connectivity index (χ1v) is 12.6. The van der Waals surface area contributed by atoms with Crippen LogP contribution in [0.1, 0.15) is 20.8 Å². The molecule has 5 nitrogen and oxygen atoms in total. The number of carbonyl (C=O) groups excluding carboxylic acids is 1.